The molecule has 1 aliphatic rings. The van der Waals surface area contributed by atoms with Crippen LogP contribution >= 0.6 is 12.4 Å². The van der Waals surface area contributed by atoms with Gasteiger partial charge in [0.25, 0.3) is 0 Å². The van der Waals surface area contributed by atoms with Crippen molar-refractivity contribution in [1.29, 1.82) is 5.26 Å². The van der Waals surface area contributed by atoms with E-state index in [0.29, 0.717) is 6.42 Å². The van der Waals surface area contributed by atoms with E-state index in [0.717, 1.165) is 25.1 Å². The molecule has 1 saturated heterocycles. The molecule has 6 heteroatoms. The zero-order chi connectivity index (χ0) is 14.2. The van der Waals surface area contributed by atoms with Gasteiger partial charge in [-0.3, -0.25) is 0 Å². The zero-order valence-electron chi connectivity index (χ0n) is 11.7. The van der Waals surface area contributed by atoms with Crippen LogP contribution in [0, 0.1) is 17.2 Å². The summed E-state index contributed by atoms with van der Waals surface area (Å²) in [6.07, 6.45) is 0.854. The van der Waals surface area contributed by atoms with Crippen molar-refractivity contribution < 1.29 is 9.53 Å². The van der Waals surface area contributed by atoms with E-state index in [1.165, 1.54) is 0 Å². The molecule has 1 aliphatic heterocycles. The minimum absolute atomic E-state index is 0. The number of hydrogen-bond acceptors (Lipinski definition) is 4. The largest absolute Gasteiger partial charge is 0.445 e. The lowest BCUT2D eigenvalue weighted by atomic mass is 9.91. The minimum Gasteiger partial charge on any atom is -0.445 e. The maximum atomic E-state index is 11.8. The van der Waals surface area contributed by atoms with Crippen molar-refractivity contribution in [1.82, 2.24) is 10.6 Å². The first-order valence-corrected chi connectivity index (χ1v) is 6.84. The molecule has 2 N–H and O–H groups in total. The predicted molar refractivity (Wildman–Crippen MR) is 82.0 cm³/mol. The van der Waals surface area contributed by atoms with Gasteiger partial charge < -0.3 is 15.4 Å². The van der Waals surface area contributed by atoms with Crippen molar-refractivity contribution in [3.05, 3.63) is 35.9 Å². The summed E-state index contributed by atoms with van der Waals surface area (Å²) in [5, 5.41) is 14.9. The molecule has 2 atom stereocenters. The first-order chi connectivity index (χ1) is 9.79. The third-order valence-electron chi connectivity index (χ3n) is 3.48. The Morgan fingerprint density at radius 3 is 2.90 bits per heavy atom. The number of carbonyl (C=O) groups is 1. The van der Waals surface area contributed by atoms with Crippen molar-refractivity contribution in [3.8, 4) is 6.07 Å². The van der Waals surface area contributed by atoms with E-state index in [4.69, 9.17) is 10.00 Å². The molecule has 0 radical (unpaired) electrons. The number of rotatable bonds is 4. The maximum Gasteiger partial charge on any atom is 0.407 e. The molecule has 1 heterocycles. The van der Waals surface area contributed by atoms with Crippen LogP contribution in [0.3, 0.4) is 0 Å². The second kappa shape index (κ2) is 9.22. The Morgan fingerprint density at radius 1 is 1.43 bits per heavy atom. The molecule has 5 nitrogen and oxygen atoms in total. The summed E-state index contributed by atoms with van der Waals surface area (Å²) in [6, 6.07) is 11.7. The molecule has 0 saturated carbocycles. The first-order valence-electron chi connectivity index (χ1n) is 6.84. The summed E-state index contributed by atoms with van der Waals surface area (Å²) in [4.78, 5) is 11.8. The Bertz CT molecular complexity index is 476. The summed E-state index contributed by atoms with van der Waals surface area (Å²) in [6.45, 7) is 1.88. The van der Waals surface area contributed by atoms with Crippen molar-refractivity contribution in [2.75, 3.05) is 13.1 Å². The van der Waals surface area contributed by atoms with Crippen LogP contribution in [-0.4, -0.2) is 25.2 Å². The molecular formula is C15H20ClN3O2. The Kier molecular flexibility index (Phi) is 7.59. The van der Waals surface area contributed by atoms with Gasteiger partial charge in [-0.1, -0.05) is 30.3 Å². The highest BCUT2D eigenvalue weighted by atomic mass is 35.5. The van der Waals surface area contributed by atoms with Gasteiger partial charge in [0.1, 0.15) is 6.61 Å². The quantitative estimate of drug-likeness (QED) is 0.894. The highest BCUT2D eigenvalue weighted by Crippen LogP contribution is 2.15. The highest BCUT2D eigenvalue weighted by Gasteiger charge is 2.26. The number of benzene rings is 1. The van der Waals surface area contributed by atoms with Gasteiger partial charge in [-0.25, -0.2) is 4.79 Å². The molecular weight excluding hydrogens is 290 g/mol. The molecule has 2 rings (SSSR count). The third kappa shape index (κ3) is 5.62. The second-order valence-electron chi connectivity index (χ2n) is 4.93. The molecule has 21 heavy (non-hydrogen) atoms. The van der Waals surface area contributed by atoms with Crippen LogP contribution in [0.1, 0.15) is 18.4 Å². The van der Waals surface area contributed by atoms with Crippen LogP contribution in [0.4, 0.5) is 4.79 Å². The van der Waals surface area contributed by atoms with Gasteiger partial charge in [-0.05, 0) is 18.5 Å². The summed E-state index contributed by atoms with van der Waals surface area (Å²) in [7, 11) is 0. The monoisotopic (exact) mass is 309 g/mol. The number of carbonyl (C=O) groups excluding carboxylic acids is 1. The van der Waals surface area contributed by atoms with Gasteiger partial charge >= 0.3 is 6.09 Å². The Hall–Kier alpha value is -1.77. The summed E-state index contributed by atoms with van der Waals surface area (Å²) in [5.74, 6) is 0.151. The van der Waals surface area contributed by atoms with Gasteiger partial charge in [0.15, 0.2) is 0 Å². The SMILES string of the molecule is Cl.N#CC[C@H]1CNCC[C@H]1NC(=O)OCc1ccccc1. The lowest BCUT2D eigenvalue weighted by Crippen LogP contribution is -2.49. The van der Waals surface area contributed by atoms with E-state index in [9.17, 15) is 4.79 Å². The normalized spacial score (nSPS) is 20.7. The van der Waals surface area contributed by atoms with Gasteiger partial charge in [-0.2, -0.15) is 5.26 Å². The molecule has 1 aromatic carbocycles. The third-order valence-corrected chi connectivity index (χ3v) is 3.48. The maximum absolute atomic E-state index is 11.8. The molecule has 1 fully saturated rings. The van der Waals surface area contributed by atoms with Gasteiger partial charge in [0, 0.05) is 24.9 Å². The van der Waals surface area contributed by atoms with E-state index in [2.05, 4.69) is 16.7 Å². The fourth-order valence-corrected chi connectivity index (χ4v) is 2.36. The number of alkyl carbamates (subject to hydrolysis) is 1. The number of nitriles is 1. The average molecular weight is 310 g/mol. The van der Waals surface area contributed by atoms with Crippen LogP contribution in [0.25, 0.3) is 0 Å². The van der Waals surface area contributed by atoms with E-state index < -0.39 is 6.09 Å². The first kappa shape index (κ1) is 17.3. The number of amides is 1. The van der Waals surface area contributed by atoms with Crippen LogP contribution in [0.2, 0.25) is 0 Å². The molecule has 0 aromatic heterocycles. The Balaban J connectivity index is 0.00000220. The number of halogens is 1. The fourth-order valence-electron chi connectivity index (χ4n) is 2.36. The molecule has 1 amide bonds. The number of hydrogen-bond donors (Lipinski definition) is 2. The summed E-state index contributed by atoms with van der Waals surface area (Å²) < 4.78 is 5.20. The molecule has 114 valence electrons. The number of piperidine rings is 1. The molecule has 0 unspecified atom stereocenters. The minimum atomic E-state index is -0.413. The average Bonchev–Trinajstić information content (AvgIpc) is 2.49. The van der Waals surface area contributed by atoms with Gasteiger partial charge in [0.05, 0.1) is 6.07 Å². The van der Waals surface area contributed by atoms with Crippen molar-refractivity contribution in [3.63, 3.8) is 0 Å². The Morgan fingerprint density at radius 2 is 2.19 bits per heavy atom. The number of ether oxygens (including phenoxy) is 1. The van der Waals surface area contributed by atoms with E-state index in [1.54, 1.807) is 0 Å². The molecule has 1 aromatic rings. The lowest BCUT2D eigenvalue weighted by molar-refractivity contribution is 0.128. The molecule has 0 spiro atoms. The summed E-state index contributed by atoms with van der Waals surface area (Å²) in [5.41, 5.74) is 0.960. The number of nitrogens with zero attached hydrogens (tertiary/aromatic N) is 1. The van der Waals surface area contributed by atoms with Crippen LogP contribution < -0.4 is 10.6 Å². The zero-order valence-corrected chi connectivity index (χ0v) is 12.6. The number of nitrogens with one attached hydrogen (secondary N) is 2. The fraction of sp³-hybridized carbons (Fsp3) is 0.467. The summed E-state index contributed by atoms with van der Waals surface area (Å²) >= 11 is 0. The van der Waals surface area contributed by atoms with E-state index >= 15 is 0 Å². The van der Waals surface area contributed by atoms with Crippen LogP contribution in [0.15, 0.2) is 30.3 Å². The Labute approximate surface area is 131 Å². The van der Waals surface area contributed by atoms with E-state index in [1.807, 2.05) is 30.3 Å². The van der Waals surface area contributed by atoms with Crippen LogP contribution in [0.5, 0.6) is 0 Å². The molecule has 0 bridgehead atoms. The highest BCUT2D eigenvalue weighted by molar-refractivity contribution is 5.85. The van der Waals surface area contributed by atoms with Gasteiger partial charge in [0.2, 0.25) is 0 Å². The van der Waals surface area contributed by atoms with Gasteiger partial charge in [-0.15, -0.1) is 12.4 Å². The van der Waals surface area contributed by atoms with Crippen molar-refractivity contribution in [2.24, 2.45) is 5.92 Å². The lowest BCUT2D eigenvalue weighted by Gasteiger charge is -2.30. The molecule has 0 aliphatic carbocycles. The van der Waals surface area contributed by atoms with Crippen LogP contribution in [-0.2, 0) is 11.3 Å². The standard InChI is InChI=1S/C15H19N3O2.ClH/c16-8-6-13-10-17-9-7-14(13)18-15(19)20-11-12-4-2-1-3-5-12;/h1-5,13-14,17H,6-7,9-11H2,(H,18,19);1H/t13-,14+;/m0./s1. The van der Waals surface area contributed by atoms with E-state index in [-0.39, 0.29) is 31.0 Å². The smallest absolute Gasteiger partial charge is 0.407 e. The predicted octanol–water partition coefficient (Wildman–Crippen LogP) is 2.23. The topological polar surface area (TPSA) is 74.2 Å². The second-order valence-corrected chi connectivity index (χ2v) is 4.93. The van der Waals surface area contributed by atoms with Crippen molar-refractivity contribution in [2.45, 2.75) is 25.5 Å². The van der Waals surface area contributed by atoms with Crippen molar-refractivity contribution >= 4 is 18.5 Å².